The molecule has 1 heterocycles. The van der Waals surface area contributed by atoms with E-state index >= 15 is 0 Å². The van der Waals surface area contributed by atoms with Gasteiger partial charge >= 0.3 is 17.9 Å². The molecular weight excluding hydrogens is 388 g/mol. The normalized spacial score (nSPS) is 28.2. The van der Waals surface area contributed by atoms with Crippen molar-refractivity contribution in [3.05, 3.63) is 35.5 Å². The highest BCUT2D eigenvalue weighted by atomic mass is 16.7. The van der Waals surface area contributed by atoms with Crippen molar-refractivity contribution in [1.29, 1.82) is 0 Å². The van der Waals surface area contributed by atoms with Gasteiger partial charge in [-0.05, 0) is 52.4 Å². The summed E-state index contributed by atoms with van der Waals surface area (Å²) in [5.41, 5.74) is 1.38. The molecule has 4 atom stereocenters. The summed E-state index contributed by atoms with van der Waals surface area (Å²) in [6, 6.07) is 0. The first-order valence-electron chi connectivity index (χ1n) is 10.2. The Hall–Kier alpha value is -2.41. The minimum atomic E-state index is -0.927. The lowest BCUT2D eigenvalue weighted by Crippen LogP contribution is -2.42. The van der Waals surface area contributed by atoms with Crippen molar-refractivity contribution in [2.24, 2.45) is 5.92 Å². The van der Waals surface area contributed by atoms with Crippen LogP contribution < -0.4 is 0 Å². The molecule has 1 saturated heterocycles. The molecule has 0 saturated carbocycles. The second-order valence-electron chi connectivity index (χ2n) is 8.26. The van der Waals surface area contributed by atoms with Crippen LogP contribution in [0.2, 0.25) is 0 Å². The lowest BCUT2D eigenvalue weighted by Gasteiger charge is -2.29. The first-order chi connectivity index (χ1) is 14.1. The fourth-order valence-corrected chi connectivity index (χ4v) is 3.79. The van der Waals surface area contributed by atoms with Crippen molar-refractivity contribution in [2.75, 3.05) is 13.7 Å². The number of rotatable bonds is 6. The van der Waals surface area contributed by atoms with Crippen molar-refractivity contribution in [2.45, 2.75) is 71.2 Å². The molecule has 0 amide bonds. The SMILES string of the molecule is C=C(C)C1CC=C(C(=O)OC)CCC2OC2(COC(=O)C=C(C)C)C(OC(C)=O)C1. The smallest absolute Gasteiger partial charge is 0.333 e. The quantitative estimate of drug-likeness (QED) is 0.214. The van der Waals surface area contributed by atoms with E-state index in [-0.39, 0.29) is 24.6 Å². The maximum atomic E-state index is 12.1. The molecule has 166 valence electrons. The molecule has 1 aliphatic carbocycles. The molecule has 4 unspecified atom stereocenters. The summed E-state index contributed by atoms with van der Waals surface area (Å²) in [6.07, 6.45) is 4.39. The van der Waals surface area contributed by atoms with Gasteiger partial charge in [-0.1, -0.05) is 23.8 Å². The van der Waals surface area contributed by atoms with Gasteiger partial charge in [-0.25, -0.2) is 9.59 Å². The molecule has 7 heteroatoms. The van der Waals surface area contributed by atoms with Crippen LogP contribution in [0.1, 0.15) is 53.4 Å². The lowest BCUT2D eigenvalue weighted by atomic mass is 9.83. The van der Waals surface area contributed by atoms with E-state index in [0.29, 0.717) is 31.3 Å². The Labute approximate surface area is 178 Å². The van der Waals surface area contributed by atoms with Crippen molar-refractivity contribution in [3.63, 3.8) is 0 Å². The minimum absolute atomic E-state index is 0.0294. The molecule has 0 bridgehead atoms. The van der Waals surface area contributed by atoms with Gasteiger partial charge in [0, 0.05) is 18.6 Å². The van der Waals surface area contributed by atoms with Gasteiger partial charge in [-0.15, -0.1) is 0 Å². The monoisotopic (exact) mass is 420 g/mol. The largest absolute Gasteiger partial charge is 0.466 e. The van der Waals surface area contributed by atoms with E-state index < -0.39 is 23.6 Å². The van der Waals surface area contributed by atoms with Gasteiger partial charge in [0.1, 0.15) is 12.7 Å². The molecule has 0 N–H and O–H groups in total. The second-order valence-corrected chi connectivity index (χ2v) is 8.26. The highest BCUT2D eigenvalue weighted by Gasteiger charge is 2.64. The first kappa shape index (κ1) is 23.9. The van der Waals surface area contributed by atoms with Gasteiger partial charge in [0.25, 0.3) is 0 Å². The Morgan fingerprint density at radius 2 is 1.97 bits per heavy atom. The van der Waals surface area contributed by atoms with E-state index in [1.807, 2.05) is 13.0 Å². The molecule has 0 aromatic heterocycles. The number of esters is 3. The van der Waals surface area contributed by atoms with Crippen LogP contribution in [0.25, 0.3) is 0 Å². The molecule has 1 fully saturated rings. The third-order valence-electron chi connectivity index (χ3n) is 5.52. The topological polar surface area (TPSA) is 91.4 Å². The van der Waals surface area contributed by atoms with Crippen molar-refractivity contribution in [1.82, 2.24) is 0 Å². The Balaban J connectivity index is 2.32. The molecule has 0 aromatic carbocycles. The van der Waals surface area contributed by atoms with Crippen LogP contribution >= 0.6 is 0 Å². The molecule has 2 rings (SSSR count). The van der Waals surface area contributed by atoms with Crippen molar-refractivity contribution in [3.8, 4) is 0 Å². The Bertz CT molecular complexity index is 760. The Kier molecular flexibility index (Phi) is 8.01. The maximum Gasteiger partial charge on any atom is 0.333 e. The highest BCUT2D eigenvalue weighted by molar-refractivity contribution is 5.88. The number of carbonyl (C=O) groups is 3. The number of epoxide rings is 1. The molecule has 0 spiro atoms. The lowest BCUT2D eigenvalue weighted by molar-refractivity contribution is -0.154. The molecule has 0 aromatic rings. The standard InChI is InChI=1S/C23H32O7/c1-14(2)11-21(25)28-13-23-19(30-23)10-9-17(22(26)27-6)7-8-18(15(3)4)12-20(23)29-16(5)24/h7,11,18-20H,3,8-10,12-13H2,1-2,4-6H3. The van der Waals surface area contributed by atoms with Gasteiger partial charge in [0.15, 0.2) is 5.60 Å². The molecule has 2 aliphatic rings. The highest BCUT2D eigenvalue weighted by Crippen LogP contribution is 2.48. The van der Waals surface area contributed by atoms with Crippen LogP contribution in [-0.2, 0) is 33.3 Å². The third-order valence-corrected chi connectivity index (χ3v) is 5.52. The predicted octanol–water partition coefficient (Wildman–Crippen LogP) is 3.43. The van der Waals surface area contributed by atoms with Crippen LogP contribution in [0.3, 0.4) is 0 Å². The second kappa shape index (κ2) is 10.1. The number of methoxy groups -OCH3 is 1. The summed E-state index contributed by atoms with van der Waals surface area (Å²) in [6.45, 7) is 10.9. The Morgan fingerprint density at radius 3 is 2.53 bits per heavy atom. The summed E-state index contributed by atoms with van der Waals surface area (Å²) in [4.78, 5) is 36.0. The average molecular weight is 421 g/mol. The van der Waals surface area contributed by atoms with Crippen LogP contribution in [0, 0.1) is 5.92 Å². The molecule has 7 nitrogen and oxygen atoms in total. The first-order valence-corrected chi connectivity index (χ1v) is 10.2. The van der Waals surface area contributed by atoms with E-state index in [1.165, 1.54) is 20.1 Å². The summed E-state index contributed by atoms with van der Waals surface area (Å²) >= 11 is 0. The summed E-state index contributed by atoms with van der Waals surface area (Å²) in [5, 5.41) is 0. The molecule has 0 radical (unpaired) electrons. The van der Waals surface area contributed by atoms with Crippen molar-refractivity contribution >= 4 is 17.9 Å². The molecular formula is C23H32O7. The Morgan fingerprint density at radius 1 is 1.27 bits per heavy atom. The van der Waals surface area contributed by atoms with Crippen LogP contribution in [0.15, 0.2) is 35.5 Å². The van der Waals surface area contributed by atoms with Gasteiger partial charge in [0.05, 0.1) is 13.2 Å². The molecule has 1 aliphatic heterocycles. The third kappa shape index (κ3) is 6.05. The number of fused-ring (bicyclic) bond motifs is 1. The van der Waals surface area contributed by atoms with E-state index in [4.69, 9.17) is 18.9 Å². The zero-order valence-corrected chi connectivity index (χ0v) is 18.5. The minimum Gasteiger partial charge on any atom is -0.466 e. The number of carbonyl (C=O) groups excluding carboxylic acids is 3. The summed E-state index contributed by atoms with van der Waals surface area (Å²) in [7, 11) is 1.36. The van der Waals surface area contributed by atoms with Gasteiger partial charge in [0.2, 0.25) is 0 Å². The van der Waals surface area contributed by atoms with Gasteiger partial charge in [-0.2, -0.15) is 0 Å². The summed E-state index contributed by atoms with van der Waals surface area (Å²) < 4.78 is 22.0. The predicted molar refractivity (Wildman–Crippen MR) is 110 cm³/mol. The van der Waals surface area contributed by atoms with Gasteiger partial charge < -0.3 is 18.9 Å². The number of allylic oxidation sites excluding steroid dienone is 3. The zero-order chi connectivity index (χ0) is 22.5. The number of ether oxygens (including phenoxy) is 4. The van der Waals surface area contributed by atoms with Crippen LogP contribution in [0.4, 0.5) is 0 Å². The summed E-state index contributed by atoms with van der Waals surface area (Å²) in [5.74, 6) is -1.30. The van der Waals surface area contributed by atoms with E-state index in [9.17, 15) is 14.4 Å². The zero-order valence-electron chi connectivity index (χ0n) is 18.5. The maximum absolute atomic E-state index is 12.1. The fraction of sp³-hybridized carbons (Fsp3) is 0.609. The van der Waals surface area contributed by atoms with Gasteiger partial charge in [-0.3, -0.25) is 4.79 Å². The fourth-order valence-electron chi connectivity index (χ4n) is 3.79. The molecule has 30 heavy (non-hydrogen) atoms. The average Bonchev–Trinajstić information content (AvgIpc) is 3.37. The van der Waals surface area contributed by atoms with E-state index in [1.54, 1.807) is 13.8 Å². The van der Waals surface area contributed by atoms with E-state index in [2.05, 4.69) is 6.58 Å². The van der Waals surface area contributed by atoms with Crippen LogP contribution in [0.5, 0.6) is 0 Å². The van der Waals surface area contributed by atoms with Crippen molar-refractivity contribution < 1.29 is 33.3 Å². The van der Waals surface area contributed by atoms with E-state index in [0.717, 1.165) is 11.1 Å². The number of hydrogen-bond acceptors (Lipinski definition) is 7. The van der Waals surface area contributed by atoms with Crippen LogP contribution in [-0.4, -0.2) is 49.4 Å². The number of hydrogen-bond donors (Lipinski definition) is 0.